The molecule has 66 valence electrons. The number of terminal acetylenes is 1. The lowest BCUT2D eigenvalue weighted by atomic mass is 10.0. The summed E-state index contributed by atoms with van der Waals surface area (Å²) in [7, 11) is 1.47. The fourth-order valence-corrected chi connectivity index (χ4v) is 1.49. The van der Waals surface area contributed by atoms with E-state index in [9.17, 15) is 4.79 Å². The van der Waals surface area contributed by atoms with Gasteiger partial charge in [0.2, 0.25) is 0 Å². The van der Waals surface area contributed by atoms with Gasteiger partial charge in [-0.25, -0.2) is 5.06 Å². The molecule has 2 atom stereocenters. The van der Waals surface area contributed by atoms with Crippen LogP contribution in [0.5, 0.6) is 0 Å². The third kappa shape index (κ3) is 1.30. The molecule has 0 aromatic heterocycles. The van der Waals surface area contributed by atoms with Crippen molar-refractivity contribution in [2.75, 3.05) is 7.11 Å². The van der Waals surface area contributed by atoms with E-state index in [4.69, 9.17) is 11.3 Å². The van der Waals surface area contributed by atoms with Crippen LogP contribution in [0.25, 0.3) is 0 Å². The zero-order chi connectivity index (χ0) is 9.14. The Kier molecular flexibility index (Phi) is 2.72. The fourth-order valence-electron chi connectivity index (χ4n) is 1.49. The van der Waals surface area contributed by atoms with Crippen LogP contribution in [0.3, 0.4) is 0 Å². The summed E-state index contributed by atoms with van der Waals surface area (Å²) in [6.45, 7) is 1.98. The van der Waals surface area contributed by atoms with Gasteiger partial charge in [-0.05, 0) is 12.8 Å². The molecule has 1 aliphatic heterocycles. The molecule has 0 aromatic carbocycles. The summed E-state index contributed by atoms with van der Waals surface area (Å²) >= 11 is 0. The Balaban J connectivity index is 2.73. The summed E-state index contributed by atoms with van der Waals surface area (Å²) < 4.78 is 0. The van der Waals surface area contributed by atoms with Crippen LogP contribution in [0.4, 0.5) is 0 Å². The number of hydroxylamine groups is 2. The van der Waals surface area contributed by atoms with Gasteiger partial charge in [-0.1, -0.05) is 12.8 Å². The number of rotatable bonds is 2. The van der Waals surface area contributed by atoms with Crippen molar-refractivity contribution in [2.45, 2.75) is 25.8 Å². The minimum Gasteiger partial charge on any atom is -0.273 e. The van der Waals surface area contributed by atoms with Crippen LogP contribution in [0, 0.1) is 18.3 Å². The number of carbonyl (C=O) groups is 1. The van der Waals surface area contributed by atoms with Crippen molar-refractivity contribution in [3.63, 3.8) is 0 Å². The van der Waals surface area contributed by atoms with E-state index in [-0.39, 0.29) is 17.9 Å². The molecule has 2 unspecified atom stereocenters. The molecular formula is C9H13NO2. The second-order valence-electron chi connectivity index (χ2n) is 2.87. The third-order valence-electron chi connectivity index (χ3n) is 2.24. The molecule has 0 aliphatic carbocycles. The molecule has 0 saturated carbocycles. The first kappa shape index (κ1) is 9.08. The lowest BCUT2D eigenvalue weighted by Crippen LogP contribution is -2.31. The third-order valence-corrected chi connectivity index (χ3v) is 2.24. The van der Waals surface area contributed by atoms with Crippen molar-refractivity contribution in [2.24, 2.45) is 5.92 Å². The van der Waals surface area contributed by atoms with E-state index < -0.39 is 0 Å². The van der Waals surface area contributed by atoms with Crippen molar-refractivity contribution in [1.29, 1.82) is 0 Å². The molecule has 0 aromatic rings. The summed E-state index contributed by atoms with van der Waals surface area (Å²) in [4.78, 5) is 16.3. The first-order chi connectivity index (χ1) is 5.74. The van der Waals surface area contributed by atoms with E-state index in [1.54, 1.807) is 0 Å². The second kappa shape index (κ2) is 3.59. The molecule has 3 nitrogen and oxygen atoms in total. The fraction of sp³-hybridized carbons (Fsp3) is 0.667. The average molecular weight is 167 g/mol. The quantitative estimate of drug-likeness (QED) is 0.569. The summed E-state index contributed by atoms with van der Waals surface area (Å²) in [5.41, 5.74) is 0. The number of carbonyl (C=O) groups excluding carboxylic acids is 1. The Morgan fingerprint density at radius 2 is 2.50 bits per heavy atom. The molecule has 3 heteroatoms. The van der Waals surface area contributed by atoms with Crippen molar-refractivity contribution in [3.8, 4) is 12.3 Å². The maximum absolute atomic E-state index is 11.4. The Morgan fingerprint density at radius 1 is 1.83 bits per heavy atom. The van der Waals surface area contributed by atoms with E-state index in [0.29, 0.717) is 0 Å². The Labute approximate surface area is 72.6 Å². The van der Waals surface area contributed by atoms with Gasteiger partial charge in [-0.15, -0.1) is 6.42 Å². The highest BCUT2D eigenvalue weighted by atomic mass is 16.7. The van der Waals surface area contributed by atoms with Crippen molar-refractivity contribution < 1.29 is 9.63 Å². The van der Waals surface area contributed by atoms with Crippen LogP contribution in [-0.2, 0) is 9.63 Å². The molecular weight excluding hydrogens is 154 g/mol. The second-order valence-corrected chi connectivity index (χ2v) is 2.87. The molecule has 0 N–H and O–H groups in total. The highest BCUT2D eigenvalue weighted by Gasteiger charge is 2.37. The normalized spacial score (nSPS) is 29.1. The van der Waals surface area contributed by atoms with E-state index in [0.717, 1.165) is 12.8 Å². The first-order valence-corrected chi connectivity index (χ1v) is 4.07. The van der Waals surface area contributed by atoms with Gasteiger partial charge in [0.05, 0.1) is 7.11 Å². The summed E-state index contributed by atoms with van der Waals surface area (Å²) in [5.74, 6) is 2.60. The molecule has 1 saturated heterocycles. The van der Waals surface area contributed by atoms with E-state index in [1.807, 2.05) is 6.92 Å². The highest BCUT2D eigenvalue weighted by Crippen LogP contribution is 2.26. The molecule has 1 fully saturated rings. The predicted molar refractivity (Wildman–Crippen MR) is 44.9 cm³/mol. The Hall–Kier alpha value is -1.01. The summed E-state index contributed by atoms with van der Waals surface area (Å²) in [6.07, 6.45) is 6.81. The summed E-state index contributed by atoms with van der Waals surface area (Å²) in [6, 6.07) is -0.174. The van der Waals surface area contributed by atoms with Gasteiger partial charge in [0.25, 0.3) is 5.91 Å². The number of hydrogen-bond donors (Lipinski definition) is 0. The maximum Gasteiger partial charge on any atom is 0.250 e. The smallest absolute Gasteiger partial charge is 0.250 e. The molecule has 1 heterocycles. The van der Waals surface area contributed by atoms with Gasteiger partial charge < -0.3 is 0 Å². The van der Waals surface area contributed by atoms with Gasteiger partial charge in [-0.3, -0.25) is 9.63 Å². The lowest BCUT2D eigenvalue weighted by molar-refractivity contribution is -0.174. The van der Waals surface area contributed by atoms with Crippen LogP contribution in [0.15, 0.2) is 0 Å². The van der Waals surface area contributed by atoms with Gasteiger partial charge in [0.15, 0.2) is 0 Å². The molecule has 1 amide bonds. The van der Waals surface area contributed by atoms with Crippen LogP contribution >= 0.6 is 0 Å². The predicted octanol–water partition coefficient (Wildman–Crippen LogP) is 0.808. The molecule has 12 heavy (non-hydrogen) atoms. The monoisotopic (exact) mass is 167 g/mol. The average Bonchev–Trinajstić information content (AvgIpc) is 2.41. The van der Waals surface area contributed by atoms with Gasteiger partial charge in [0.1, 0.15) is 6.04 Å². The standard InChI is InChI=1S/C9H13NO2/c1-4-7-6-8(5-2)10(12-3)9(7)11/h2,7-8H,4,6H2,1,3H3. The number of hydrogen-bond acceptors (Lipinski definition) is 2. The molecule has 0 radical (unpaired) electrons. The lowest BCUT2D eigenvalue weighted by Gasteiger charge is -2.16. The highest BCUT2D eigenvalue weighted by molar-refractivity contribution is 5.80. The van der Waals surface area contributed by atoms with Gasteiger partial charge in [-0.2, -0.15) is 0 Å². The van der Waals surface area contributed by atoms with Crippen LogP contribution < -0.4 is 0 Å². The minimum atomic E-state index is -0.174. The van der Waals surface area contributed by atoms with Gasteiger partial charge in [0, 0.05) is 5.92 Å². The Morgan fingerprint density at radius 3 is 2.83 bits per heavy atom. The number of nitrogens with zero attached hydrogens (tertiary/aromatic N) is 1. The van der Waals surface area contributed by atoms with Crippen LogP contribution in [0.1, 0.15) is 19.8 Å². The largest absolute Gasteiger partial charge is 0.273 e. The van der Waals surface area contributed by atoms with Crippen molar-refractivity contribution in [1.82, 2.24) is 5.06 Å². The zero-order valence-corrected chi connectivity index (χ0v) is 7.41. The SMILES string of the molecule is C#CC1CC(CC)C(=O)N1OC. The molecule has 1 aliphatic rings. The molecule has 0 spiro atoms. The Bertz CT molecular complexity index is 219. The van der Waals surface area contributed by atoms with E-state index in [2.05, 4.69) is 5.92 Å². The van der Waals surface area contributed by atoms with E-state index in [1.165, 1.54) is 12.2 Å². The van der Waals surface area contributed by atoms with Gasteiger partial charge >= 0.3 is 0 Å². The molecule has 0 bridgehead atoms. The van der Waals surface area contributed by atoms with Crippen molar-refractivity contribution >= 4 is 5.91 Å². The van der Waals surface area contributed by atoms with Crippen molar-refractivity contribution in [3.05, 3.63) is 0 Å². The number of amides is 1. The minimum absolute atomic E-state index is 0.0166. The van der Waals surface area contributed by atoms with Crippen LogP contribution in [0.2, 0.25) is 0 Å². The maximum atomic E-state index is 11.4. The van der Waals surface area contributed by atoms with Crippen LogP contribution in [-0.4, -0.2) is 24.1 Å². The molecule has 1 rings (SSSR count). The van der Waals surface area contributed by atoms with E-state index >= 15 is 0 Å². The topological polar surface area (TPSA) is 29.5 Å². The first-order valence-electron chi connectivity index (χ1n) is 4.07. The summed E-state index contributed by atoms with van der Waals surface area (Å²) in [5, 5.41) is 1.30. The zero-order valence-electron chi connectivity index (χ0n) is 7.41.